The Morgan fingerprint density at radius 2 is 1.33 bits per heavy atom. The van der Waals surface area contributed by atoms with Gasteiger partial charge >= 0.3 is 122 Å². The van der Waals surface area contributed by atoms with Crippen molar-refractivity contribution in [3.05, 3.63) is 29.6 Å². The van der Waals surface area contributed by atoms with Crippen LogP contribution in [0.25, 0.3) is 11.0 Å². The van der Waals surface area contributed by atoms with E-state index in [2.05, 4.69) is 44.0 Å². The van der Waals surface area contributed by atoms with Gasteiger partial charge in [-0.2, -0.15) is 26.3 Å². The summed E-state index contributed by atoms with van der Waals surface area (Å²) in [6.07, 6.45) is 3.26. The number of aromatic amines is 1. The van der Waals surface area contributed by atoms with Crippen LogP contribution in [0.5, 0.6) is 0 Å². The molecule has 0 saturated carbocycles. The molecule has 0 saturated heterocycles. The Morgan fingerprint density at radius 3 is 1.64 bits per heavy atom. The van der Waals surface area contributed by atoms with Gasteiger partial charge in [0, 0.05) is 0 Å². The topological polar surface area (TPSA) is 134 Å². The van der Waals surface area contributed by atoms with Gasteiger partial charge in [0.2, 0.25) is 0 Å². The molecule has 1 aromatic heterocycles. The van der Waals surface area contributed by atoms with Gasteiger partial charge in [0.15, 0.2) is 20.2 Å². The molecule has 0 bridgehead atoms. The van der Waals surface area contributed by atoms with Gasteiger partial charge in [-0.15, -0.1) is 0 Å². The Morgan fingerprint density at radius 1 is 0.939 bits per heavy atom. The van der Waals surface area contributed by atoms with Gasteiger partial charge in [-0.1, -0.05) is 0 Å². The molecule has 0 amide bonds. The molecular formula is C16H20CuF6N2O6S2+. The van der Waals surface area contributed by atoms with Crippen molar-refractivity contribution >= 4 is 31.3 Å². The zero-order valence-electron chi connectivity index (χ0n) is 17.2. The van der Waals surface area contributed by atoms with E-state index in [9.17, 15) is 26.3 Å². The molecule has 0 aliphatic heterocycles. The zero-order valence-corrected chi connectivity index (χ0v) is 19.8. The maximum Gasteiger partial charge on any atom is 0.485 e. The fraction of sp³-hybridized carbons (Fsp3) is 0.562. The van der Waals surface area contributed by atoms with Gasteiger partial charge in [0.25, 0.3) is 0 Å². The summed E-state index contributed by atoms with van der Waals surface area (Å²) in [6.45, 7) is 6.60. The van der Waals surface area contributed by atoms with E-state index in [1.807, 2.05) is 3.58 Å². The molecule has 1 heterocycles. The molecular weight excluding hydrogens is 558 g/mol. The van der Waals surface area contributed by atoms with Crippen LogP contribution in [-0.2, 0) is 42.9 Å². The van der Waals surface area contributed by atoms with E-state index < -0.39 is 31.3 Å². The van der Waals surface area contributed by atoms with Crippen molar-refractivity contribution in [3.8, 4) is 0 Å². The van der Waals surface area contributed by atoms with Crippen LogP contribution in [0.2, 0.25) is 0 Å². The average Bonchev–Trinajstić information content (AvgIpc) is 2.97. The molecule has 1 N–H and O–H groups in total. The third kappa shape index (κ3) is 9.05. The van der Waals surface area contributed by atoms with E-state index in [0.717, 1.165) is 24.8 Å². The van der Waals surface area contributed by atoms with Crippen LogP contribution in [0, 0.1) is 0 Å². The number of aromatic nitrogens is 2. The van der Waals surface area contributed by atoms with Gasteiger partial charge < -0.3 is 9.11 Å². The van der Waals surface area contributed by atoms with Crippen LogP contribution in [0.15, 0.2) is 18.2 Å². The molecule has 0 atom stereocenters. The first-order valence-corrected chi connectivity index (χ1v) is 12.2. The molecule has 0 aliphatic carbocycles. The van der Waals surface area contributed by atoms with Crippen LogP contribution < -0.4 is 3.58 Å². The van der Waals surface area contributed by atoms with Crippen LogP contribution in [0.3, 0.4) is 0 Å². The maximum atomic E-state index is 10.7. The Hall–Kier alpha value is -1.39. The fourth-order valence-corrected chi connectivity index (χ4v) is 2.89. The number of fused-ring (bicyclic) bond motifs is 1. The molecule has 0 unspecified atom stereocenters. The largest absolute Gasteiger partial charge is 0.741 e. The molecule has 0 fully saturated rings. The molecule has 2 aromatic rings. The second kappa shape index (κ2) is 11.8. The summed E-state index contributed by atoms with van der Waals surface area (Å²) in [5.74, 6) is 1.70. The summed E-state index contributed by atoms with van der Waals surface area (Å²) in [7, 11) is -12.2. The smallest absolute Gasteiger partial charge is 0.485 e. The third-order valence-corrected chi connectivity index (χ3v) is 5.65. The van der Waals surface area contributed by atoms with Gasteiger partial charge in [-0.25, -0.2) is 16.8 Å². The molecule has 2 rings (SSSR count). The monoisotopic (exact) mass is 577 g/mol. The van der Waals surface area contributed by atoms with Gasteiger partial charge in [-0.05, 0) is 0 Å². The molecule has 33 heavy (non-hydrogen) atoms. The fourth-order valence-electron chi connectivity index (χ4n) is 2.42. The number of hydrogen-bond acceptors (Lipinski definition) is 6. The molecule has 194 valence electrons. The Balaban J connectivity index is 0.000000539. The maximum absolute atomic E-state index is 10.7. The minimum absolute atomic E-state index is 0.527. The standard InChI is InChI=1S/C14H20N2.2CHF3O3S.Cu/c1-4-10(5-2)14-15-12-9-7-8-11(6-3)13(12)16-14;2*2-1(3,4)8(5,6)7;/h7-10H,4-6H2,1-3H3,(H,15,16);2*(H,5,6,7);/q;;;+3/p-2. The Bertz CT molecular complexity index is 1080. The number of hydrogen-bond donors (Lipinski definition) is 1. The summed E-state index contributed by atoms with van der Waals surface area (Å²) in [5.41, 5.74) is -7.63. The van der Waals surface area contributed by atoms with Crippen LogP contribution in [0.1, 0.15) is 50.9 Å². The number of rotatable bonds is 4. The van der Waals surface area contributed by atoms with Crippen molar-refractivity contribution in [3.63, 3.8) is 0 Å². The number of nitrogens with one attached hydrogen (secondary N) is 1. The van der Waals surface area contributed by atoms with Crippen LogP contribution in [0.4, 0.5) is 26.3 Å². The second-order valence-corrected chi connectivity index (χ2v) is 9.40. The number of halogens is 6. The van der Waals surface area contributed by atoms with Crippen molar-refractivity contribution < 1.29 is 72.1 Å². The zero-order chi connectivity index (χ0) is 26.4. The van der Waals surface area contributed by atoms with E-state index in [-0.39, 0.29) is 0 Å². The molecule has 0 radical (unpaired) electrons. The van der Waals surface area contributed by atoms with E-state index in [1.165, 1.54) is 16.9 Å². The summed E-state index contributed by atoms with van der Waals surface area (Å²) in [4.78, 5) is 3.49. The molecule has 0 spiro atoms. The van der Waals surface area contributed by atoms with Gasteiger partial charge in [-0.3, -0.25) is 0 Å². The minimum atomic E-state index is -6.09. The Kier molecular flexibility index (Phi) is 11.3. The predicted molar refractivity (Wildman–Crippen MR) is 98.1 cm³/mol. The first kappa shape index (κ1) is 31.6. The predicted octanol–water partition coefficient (Wildman–Crippen LogP) is 3.33. The Labute approximate surface area is 194 Å². The van der Waals surface area contributed by atoms with Crippen molar-refractivity contribution in [2.45, 2.75) is 57.0 Å². The number of aryl methyl sites for hydroxylation is 1. The first-order chi connectivity index (χ1) is 14.7. The summed E-state index contributed by atoms with van der Waals surface area (Å²) in [5, 5.41) is 0. The number of para-hydroxylation sites is 1. The summed E-state index contributed by atoms with van der Waals surface area (Å²) >= 11 is 5.74. The quantitative estimate of drug-likeness (QED) is 0.256. The van der Waals surface area contributed by atoms with E-state index in [4.69, 9.17) is 42.2 Å². The number of H-pyrrole nitrogens is 1. The second-order valence-electron chi connectivity index (χ2n) is 6.24. The number of benzene rings is 1. The van der Waals surface area contributed by atoms with Crippen molar-refractivity contribution in [2.75, 3.05) is 0 Å². The molecule has 1 aromatic carbocycles. The van der Waals surface area contributed by atoms with Crippen molar-refractivity contribution in [1.82, 2.24) is 4.98 Å². The van der Waals surface area contributed by atoms with Crippen LogP contribution >= 0.6 is 0 Å². The average molecular weight is 578 g/mol. The normalized spacial score (nSPS) is 12.8. The van der Waals surface area contributed by atoms with Gasteiger partial charge in [0.1, 0.15) is 0 Å². The van der Waals surface area contributed by atoms with Crippen LogP contribution in [-0.4, -0.2) is 41.9 Å². The molecule has 8 nitrogen and oxygen atoms in total. The van der Waals surface area contributed by atoms with E-state index >= 15 is 0 Å². The third-order valence-electron chi connectivity index (χ3n) is 4.07. The minimum Gasteiger partial charge on any atom is -0.741 e. The van der Waals surface area contributed by atoms with Crippen molar-refractivity contribution in [2.24, 2.45) is 0 Å². The SMILES string of the molecule is CCc1cccc2[nH]c(C(CC)CC)[n+]([Cu+2])c12.O=S(=O)([O-])C(F)(F)F.O=S(=O)([O-])C(F)(F)F. The molecule has 0 aliphatic rings. The number of alkyl halides is 6. The van der Waals surface area contributed by atoms with Crippen molar-refractivity contribution in [1.29, 1.82) is 0 Å². The summed E-state index contributed by atoms with van der Waals surface area (Å²) in [6, 6.07) is 6.37. The van der Waals surface area contributed by atoms with E-state index in [0.29, 0.717) is 5.92 Å². The summed E-state index contributed by atoms with van der Waals surface area (Å²) < 4.78 is 120. The number of nitrogens with zero attached hydrogens (tertiary/aromatic N) is 1. The number of imidazole rings is 1. The molecule has 17 heteroatoms. The first-order valence-electron chi connectivity index (χ1n) is 8.95. The van der Waals surface area contributed by atoms with E-state index in [1.54, 1.807) is 0 Å². The van der Waals surface area contributed by atoms with Gasteiger partial charge in [0.05, 0.1) is 0 Å².